The molecule has 0 radical (unpaired) electrons. The smallest absolute Gasteiger partial charge is 0.417 e. The lowest BCUT2D eigenvalue weighted by atomic mass is 10.3. The van der Waals surface area contributed by atoms with E-state index in [1.54, 1.807) is 0 Å². The van der Waals surface area contributed by atoms with Crippen molar-refractivity contribution >= 4 is 5.82 Å². The molecule has 0 spiro atoms. The van der Waals surface area contributed by atoms with Gasteiger partial charge in [-0.3, -0.25) is 0 Å². The van der Waals surface area contributed by atoms with E-state index in [0.717, 1.165) is 12.3 Å². The van der Waals surface area contributed by atoms with Crippen LogP contribution in [0, 0.1) is 11.3 Å². The quantitative estimate of drug-likeness (QED) is 0.857. The molecule has 1 aliphatic heterocycles. The number of rotatable bonds is 3. The van der Waals surface area contributed by atoms with Crippen molar-refractivity contribution in [2.75, 3.05) is 18.0 Å². The van der Waals surface area contributed by atoms with Gasteiger partial charge in [0.1, 0.15) is 12.2 Å². The summed E-state index contributed by atoms with van der Waals surface area (Å²) in [6.45, 7) is 1.06. The number of ether oxygens (including phenoxy) is 1. The molecule has 124 valence electrons. The number of hydrogen-bond donors (Lipinski definition) is 0. The summed E-state index contributed by atoms with van der Waals surface area (Å²) in [5.41, 5.74) is -0.591. The van der Waals surface area contributed by atoms with Gasteiger partial charge in [0.2, 0.25) is 5.88 Å². The molecule has 1 atom stereocenters. The standard InChI is InChI=1S/C15H12F3N5O/c16-15(17,18)10-1-2-13(22-8-10)24-11-3-6-23(9-11)14-12(7-19)20-4-5-21-14/h1-2,4-5,8,11H,3,6,9H2/t11-/m0/s1. The molecule has 9 heteroatoms. The normalized spacial score (nSPS) is 17.6. The van der Waals surface area contributed by atoms with E-state index in [0.29, 0.717) is 25.3 Å². The van der Waals surface area contributed by atoms with Crippen LogP contribution in [0.5, 0.6) is 5.88 Å². The van der Waals surface area contributed by atoms with Crippen molar-refractivity contribution in [3.8, 4) is 11.9 Å². The Hall–Kier alpha value is -2.89. The van der Waals surface area contributed by atoms with E-state index in [2.05, 4.69) is 15.0 Å². The van der Waals surface area contributed by atoms with Gasteiger partial charge in [-0.05, 0) is 6.07 Å². The maximum atomic E-state index is 12.5. The van der Waals surface area contributed by atoms with E-state index >= 15 is 0 Å². The third-order valence-corrected chi connectivity index (χ3v) is 3.58. The van der Waals surface area contributed by atoms with E-state index in [1.807, 2.05) is 11.0 Å². The largest absolute Gasteiger partial charge is 0.472 e. The molecule has 1 aliphatic rings. The van der Waals surface area contributed by atoms with Crippen LogP contribution in [-0.2, 0) is 6.18 Å². The Bertz CT molecular complexity index is 757. The SMILES string of the molecule is N#Cc1nccnc1N1CC[C@H](Oc2ccc(C(F)(F)F)cn2)C1. The van der Waals surface area contributed by atoms with Crippen LogP contribution in [0.2, 0.25) is 0 Å². The van der Waals surface area contributed by atoms with Crippen LogP contribution in [0.25, 0.3) is 0 Å². The lowest BCUT2D eigenvalue weighted by molar-refractivity contribution is -0.137. The van der Waals surface area contributed by atoms with Gasteiger partial charge in [0.25, 0.3) is 0 Å². The first-order valence-corrected chi connectivity index (χ1v) is 7.13. The predicted octanol–water partition coefficient (Wildman–Crippen LogP) is 2.42. The molecule has 2 aromatic heterocycles. The molecule has 0 aliphatic carbocycles. The number of aromatic nitrogens is 3. The van der Waals surface area contributed by atoms with Gasteiger partial charge in [0, 0.05) is 37.6 Å². The van der Waals surface area contributed by atoms with Gasteiger partial charge in [-0.25, -0.2) is 15.0 Å². The summed E-state index contributed by atoms with van der Waals surface area (Å²) in [6.07, 6.45) is -0.333. The highest BCUT2D eigenvalue weighted by molar-refractivity contribution is 5.50. The van der Waals surface area contributed by atoms with E-state index in [-0.39, 0.29) is 17.7 Å². The molecule has 3 rings (SSSR count). The van der Waals surface area contributed by atoms with Crippen molar-refractivity contribution in [2.24, 2.45) is 0 Å². The van der Waals surface area contributed by atoms with Crippen molar-refractivity contribution < 1.29 is 17.9 Å². The first-order valence-electron chi connectivity index (χ1n) is 7.13. The molecule has 1 fully saturated rings. The fourth-order valence-electron chi connectivity index (χ4n) is 2.45. The fourth-order valence-corrected chi connectivity index (χ4v) is 2.45. The minimum Gasteiger partial charge on any atom is -0.472 e. The maximum absolute atomic E-state index is 12.5. The number of alkyl halides is 3. The average Bonchev–Trinajstić information content (AvgIpc) is 3.03. The van der Waals surface area contributed by atoms with E-state index < -0.39 is 11.7 Å². The van der Waals surface area contributed by atoms with Crippen LogP contribution < -0.4 is 9.64 Å². The molecular weight excluding hydrogens is 323 g/mol. The average molecular weight is 335 g/mol. The van der Waals surface area contributed by atoms with Crippen molar-refractivity contribution in [1.82, 2.24) is 15.0 Å². The van der Waals surface area contributed by atoms with Gasteiger partial charge in [-0.2, -0.15) is 18.4 Å². The third kappa shape index (κ3) is 3.37. The third-order valence-electron chi connectivity index (χ3n) is 3.58. The van der Waals surface area contributed by atoms with E-state index in [9.17, 15) is 13.2 Å². The second-order valence-corrected chi connectivity index (χ2v) is 5.20. The second-order valence-electron chi connectivity index (χ2n) is 5.20. The van der Waals surface area contributed by atoms with Crippen molar-refractivity contribution in [3.05, 3.63) is 42.0 Å². The maximum Gasteiger partial charge on any atom is 0.417 e. The summed E-state index contributed by atoms with van der Waals surface area (Å²) in [5, 5.41) is 9.06. The molecule has 2 aromatic rings. The molecule has 0 amide bonds. The Labute approximate surface area is 135 Å². The van der Waals surface area contributed by atoms with Crippen LogP contribution in [0.4, 0.5) is 19.0 Å². The van der Waals surface area contributed by atoms with E-state index in [1.165, 1.54) is 18.5 Å². The summed E-state index contributed by atoms with van der Waals surface area (Å²) in [5.74, 6) is 0.612. The molecule has 3 heterocycles. The molecule has 0 bridgehead atoms. The van der Waals surface area contributed by atoms with Gasteiger partial charge in [-0.1, -0.05) is 0 Å². The van der Waals surface area contributed by atoms with Gasteiger partial charge < -0.3 is 9.64 Å². The Kier molecular flexibility index (Phi) is 4.20. The Balaban J connectivity index is 1.65. The summed E-state index contributed by atoms with van der Waals surface area (Å²) >= 11 is 0. The highest BCUT2D eigenvalue weighted by Gasteiger charge is 2.31. The topological polar surface area (TPSA) is 74.9 Å². The number of anilines is 1. The number of nitrogens with zero attached hydrogens (tertiary/aromatic N) is 5. The van der Waals surface area contributed by atoms with Crippen molar-refractivity contribution in [3.63, 3.8) is 0 Å². The molecular formula is C15H12F3N5O. The summed E-state index contributed by atoms with van der Waals surface area (Å²) in [6, 6.07) is 4.12. The molecule has 0 saturated carbocycles. The molecule has 1 saturated heterocycles. The highest BCUT2D eigenvalue weighted by atomic mass is 19.4. The van der Waals surface area contributed by atoms with Crippen molar-refractivity contribution in [1.29, 1.82) is 5.26 Å². The molecule has 0 unspecified atom stereocenters. The van der Waals surface area contributed by atoms with Gasteiger partial charge in [0.05, 0.1) is 12.1 Å². The van der Waals surface area contributed by atoms with Gasteiger partial charge in [0.15, 0.2) is 11.5 Å². The molecule has 0 N–H and O–H groups in total. The molecule has 6 nitrogen and oxygen atoms in total. The summed E-state index contributed by atoms with van der Waals surface area (Å²) in [4.78, 5) is 13.7. The van der Waals surface area contributed by atoms with Crippen LogP contribution in [-0.4, -0.2) is 34.1 Å². The van der Waals surface area contributed by atoms with E-state index in [4.69, 9.17) is 10.00 Å². The first kappa shape index (κ1) is 16.0. The Morgan fingerprint density at radius 1 is 1.21 bits per heavy atom. The lowest BCUT2D eigenvalue weighted by Crippen LogP contribution is -2.26. The summed E-state index contributed by atoms with van der Waals surface area (Å²) < 4.78 is 43.1. The van der Waals surface area contributed by atoms with Gasteiger partial charge in [-0.15, -0.1) is 0 Å². The zero-order valence-electron chi connectivity index (χ0n) is 12.4. The lowest BCUT2D eigenvalue weighted by Gasteiger charge is -2.18. The number of hydrogen-bond acceptors (Lipinski definition) is 6. The van der Waals surface area contributed by atoms with Crippen LogP contribution in [0.15, 0.2) is 30.7 Å². The number of halogens is 3. The summed E-state index contributed by atoms with van der Waals surface area (Å²) in [7, 11) is 0. The minimum atomic E-state index is -4.42. The predicted molar refractivity (Wildman–Crippen MR) is 77.2 cm³/mol. The van der Waals surface area contributed by atoms with Crippen LogP contribution in [0.3, 0.4) is 0 Å². The zero-order chi connectivity index (χ0) is 17.2. The second kappa shape index (κ2) is 6.31. The molecule has 24 heavy (non-hydrogen) atoms. The monoisotopic (exact) mass is 335 g/mol. The zero-order valence-corrected chi connectivity index (χ0v) is 12.4. The fraction of sp³-hybridized carbons (Fsp3) is 0.333. The number of nitriles is 1. The van der Waals surface area contributed by atoms with Gasteiger partial charge >= 0.3 is 6.18 Å². The molecule has 0 aromatic carbocycles. The highest BCUT2D eigenvalue weighted by Crippen LogP contribution is 2.29. The minimum absolute atomic E-state index is 0.134. The Morgan fingerprint density at radius 3 is 2.67 bits per heavy atom. The van der Waals surface area contributed by atoms with Crippen molar-refractivity contribution in [2.45, 2.75) is 18.7 Å². The Morgan fingerprint density at radius 2 is 2.00 bits per heavy atom. The number of pyridine rings is 1. The van der Waals surface area contributed by atoms with Crippen LogP contribution >= 0.6 is 0 Å². The first-order chi connectivity index (χ1) is 11.5. The van der Waals surface area contributed by atoms with Crippen LogP contribution in [0.1, 0.15) is 17.7 Å².